The van der Waals surface area contributed by atoms with Crippen molar-refractivity contribution in [3.63, 3.8) is 0 Å². The zero-order chi connectivity index (χ0) is 12.1. The number of nitrogens with zero attached hydrogens (tertiary/aromatic N) is 1. The predicted molar refractivity (Wildman–Crippen MR) is 68.2 cm³/mol. The molecular weight excluding hydrogens is 342 g/mol. The SMILES string of the molecule is O=C(CBr)Cc1cc(CBr)cc([N+](=O)[O-])c1. The first kappa shape index (κ1) is 13.3. The first-order valence-electron chi connectivity index (χ1n) is 4.47. The second kappa shape index (κ2) is 6.10. The Kier molecular flexibility index (Phi) is 5.08. The van der Waals surface area contributed by atoms with E-state index in [0.29, 0.717) is 10.9 Å². The maximum absolute atomic E-state index is 11.2. The molecule has 0 aliphatic heterocycles. The van der Waals surface area contributed by atoms with Crippen LogP contribution < -0.4 is 0 Å². The van der Waals surface area contributed by atoms with Gasteiger partial charge in [-0.1, -0.05) is 37.9 Å². The minimum Gasteiger partial charge on any atom is -0.298 e. The minimum absolute atomic E-state index is 0.000945. The van der Waals surface area contributed by atoms with E-state index < -0.39 is 4.92 Å². The van der Waals surface area contributed by atoms with Gasteiger partial charge in [-0.15, -0.1) is 0 Å². The third-order valence-corrected chi connectivity index (χ3v) is 3.23. The van der Waals surface area contributed by atoms with Crippen molar-refractivity contribution in [1.82, 2.24) is 0 Å². The lowest BCUT2D eigenvalue weighted by atomic mass is 10.1. The Morgan fingerprint density at radius 3 is 2.38 bits per heavy atom. The molecule has 0 N–H and O–H groups in total. The molecule has 0 aliphatic rings. The quantitative estimate of drug-likeness (QED) is 0.466. The van der Waals surface area contributed by atoms with Crippen molar-refractivity contribution >= 4 is 43.3 Å². The lowest BCUT2D eigenvalue weighted by Gasteiger charge is -2.02. The number of benzene rings is 1. The Morgan fingerprint density at radius 2 is 1.88 bits per heavy atom. The molecule has 1 aromatic carbocycles. The summed E-state index contributed by atoms with van der Waals surface area (Å²) in [6, 6.07) is 4.73. The average molecular weight is 351 g/mol. The van der Waals surface area contributed by atoms with E-state index in [4.69, 9.17) is 0 Å². The Labute approximate surface area is 109 Å². The van der Waals surface area contributed by atoms with Gasteiger partial charge in [0.1, 0.15) is 5.78 Å². The van der Waals surface area contributed by atoms with Crippen LogP contribution in [-0.2, 0) is 16.5 Å². The van der Waals surface area contributed by atoms with Crippen molar-refractivity contribution in [2.24, 2.45) is 0 Å². The van der Waals surface area contributed by atoms with Crippen molar-refractivity contribution in [1.29, 1.82) is 0 Å². The van der Waals surface area contributed by atoms with Crippen LogP contribution in [0.4, 0.5) is 5.69 Å². The Hall–Kier alpha value is -0.750. The number of Topliss-reactive ketones (excluding diaryl/α,β-unsaturated/α-hetero) is 1. The summed E-state index contributed by atoms with van der Waals surface area (Å²) in [4.78, 5) is 21.5. The molecule has 0 heterocycles. The summed E-state index contributed by atoms with van der Waals surface area (Å²) >= 11 is 6.30. The summed E-state index contributed by atoms with van der Waals surface area (Å²) in [6.45, 7) is 0. The van der Waals surface area contributed by atoms with Gasteiger partial charge in [-0.3, -0.25) is 14.9 Å². The van der Waals surface area contributed by atoms with E-state index in [1.807, 2.05) is 0 Å². The molecule has 0 saturated carbocycles. The van der Waals surface area contributed by atoms with Crippen molar-refractivity contribution in [2.75, 3.05) is 5.33 Å². The molecule has 1 rings (SSSR count). The van der Waals surface area contributed by atoms with Crippen LogP contribution in [0.2, 0.25) is 0 Å². The normalized spacial score (nSPS) is 10.1. The van der Waals surface area contributed by atoms with Gasteiger partial charge in [0, 0.05) is 23.9 Å². The number of hydrogen-bond acceptors (Lipinski definition) is 3. The molecule has 0 aromatic heterocycles. The number of nitro groups is 1. The number of alkyl halides is 2. The number of nitro benzene ring substituents is 1. The van der Waals surface area contributed by atoms with Crippen LogP contribution in [0.1, 0.15) is 11.1 Å². The second-order valence-electron chi connectivity index (χ2n) is 3.25. The fourth-order valence-corrected chi connectivity index (χ4v) is 1.82. The van der Waals surface area contributed by atoms with E-state index in [0.717, 1.165) is 5.56 Å². The fraction of sp³-hybridized carbons (Fsp3) is 0.300. The van der Waals surface area contributed by atoms with Gasteiger partial charge in [0.2, 0.25) is 0 Å². The molecule has 0 aliphatic carbocycles. The molecule has 0 saturated heterocycles. The fourth-order valence-electron chi connectivity index (χ4n) is 1.30. The standard InChI is InChI=1S/C10H9Br2NO3/c11-5-8-1-7(4-10(14)6-12)2-9(3-8)13(15)16/h1-3H,4-6H2. The van der Waals surface area contributed by atoms with E-state index in [9.17, 15) is 14.9 Å². The molecule has 1 aromatic rings. The molecule has 6 heteroatoms. The van der Waals surface area contributed by atoms with E-state index >= 15 is 0 Å². The third kappa shape index (κ3) is 3.68. The minimum atomic E-state index is -0.450. The molecule has 0 fully saturated rings. The molecule has 4 nitrogen and oxygen atoms in total. The molecular formula is C10H9Br2NO3. The number of hydrogen-bond donors (Lipinski definition) is 0. The van der Waals surface area contributed by atoms with Crippen LogP contribution in [0.5, 0.6) is 0 Å². The van der Waals surface area contributed by atoms with Gasteiger partial charge in [-0.05, 0) is 11.1 Å². The van der Waals surface area contributed by atoms with E-state index in [2.05, 4.69) is 31.9 Å². The molecule has 0 unspecified atom stereocenters. The molecule has 0 spiro atoms. The van der Waals surface area contributed by atoms with Crippen molar-refractivity contribution in [3.05, 3.63) is 39.4 Å². The molecule has 0 radical (unpaired) electrons. The van der Waals surface area contributed by atoms with Gasteiger partial charge < -0.3 is 0 Å². The lowest BCUT2D eigenvalue weighted by molar-refractivity contribution is -0.385. The Balaban J connectivity index is 3.04. The van der Waals surface area contributed by atoms with E-state index in [1.54, 1.807) is 6.07 Å². The summed E-state index contributed by atoms with van der Waals surface area (Å²) in [5, 5.41) is 11.5. The van der Waals surface area contributed by atoms with Crippen LogP contribution in [0.15, 0.2) is 18.2 Å². The maximum Gasteiger partial charge on any atom is 0.270 e. The van der Waals surface area contributed by atoms with Gasteiger partial charge in [0.05, 0.1) is 10.3 Å². The highest BCUT2D eigenvalue weighted by molar-refractivity contribution is 9.09. The summed E-state index contributed by atoms with van der Waals surface area (Å²) in [5.41, 5.74) is 1.49. The van der Waals surface area contributed by atoms with Crippen LogP contribution in [-0.4, -0.2) is 16.0 Å². The van der Waals surface area contributed by atoms with E-state index in [-0.39, 0.29) is 23.2 Å². The zero-order valence-electron chi connectivity index (χ0n) is 8.28. The van der Waals surface area contributed by atoms with Crippen LogP contribution in [0, 0.1) is 10.1 Å². The van der Waals surface area contributed by atoms with Crippen molar-refractivity contribution < 1.29 is 9.72 Å². The summed E-state index contributed by atoms with van der Waals surface area (Å²) in [7, 11) is 0. The Morgan fingerprint density at radius 1 is 1.25 bits per heavy atom. The van der Waals surface area contributed by atoms with Crippen LogP contribution >= 0.6 is 31.9 Å². The number of non-ortho nitro benzene ring substituents is 1. The predicted octanol–water partition coefficient (Wildman–Crippen LogP) is 3.00. The van der Waals surface area contributed by atoms with Crippen LogP contribution in [0.3, 0.4) is 0 Å². The topological polar surface area (TPSA) is 60.2 Å². The summed E-state index contributed by atoms with van der Waals surface area (Å²) in [5.74, 6) is 0.000945. The van der Waals surface area contributed by atoms with Gasteiger partial charge in [-0.25, -0.2) is 0 Å². The number of carbonyl (C=O) groups is 1. The molecule has 16 heavy (non-hydrogen) atoms. The third-order valence-electron chi connectivity index (χ3n) is 1.95. The highest BCUT2D eigenvalue weighted by atomic mass is 79.9. The molecule has 0 atom stereocenters. The Bertz CT molecular complexity index is 421. The van der Waals surface area contributed by atoms with Crippen molar-refractivity contribution in [2.45, 2.75) is 11.8 Å². The highest BCUT2D eigenvalue weighted by Gasteiger charge is 2.11. The first-order chi connectivity index (χ1) is 7.56. The maximum atomic E-state index is 11.2. The van der Waals surface area contributed by atoms with Gasteiger partial charge in [-0.2, -0.15) is 0 Å². The number of carbonyl (C=O) groups excluding carboxylic acids is 1. The zero-order valence-corrected chi connectivity index (χ0v) is 11.5. The lowest BCUT2D eigenvalue weighted by Crippen LogP contribution is -2.04. The molecule has 0 bridgehead atoms. The van der Waals surface area contributed by atoms with Gasteiger partial charge >= 0.3 is 0 Å². The largest absolute Gasteiger partial charge is 0.298 e. The second-order valence-corrected chi connectivity index (χ2v) is 4.37. The number of ketones is 1. The van der Waals surface area contributed by atoms with E-state index in [1.165, 1.54) is 12.1 Å². The van der Waals surface area contributed by atoms with Gasteiger partial charge in [0.25, 0.3) is 5.69 Å². The average Bonchev–Trinajstić information content (AvgIpc) is 2.28. The number of rotatable bonds is 5. The highest BCUT2D eigenvalue weighted by Crippen LogP contribution is 2.19. The van der Waals surface area contributed by atoms with Crippen LogP contribution in [0.25, 0.3) is 0 Å². The summed E-state index contributed by atoms with van der Waals surface area (Å²) in [6.07, 6.45) is 0.215. The first-order valence-corrected chi connectivity index (χ1v) is 6.72. The van der Waals surface area contributed by atoms with Gasteiger partial charge in [0.15, 0.2) is 0 Å². The summed E-state index contributed by atoms with van der Waals surface area (Å²) < 4.78 is 0. The number of halogens is 2. The monoisotopic (exact) mass is 349 g/mol. The molecule has 0 amide bonds. The van der Waals surface area contributed by atoms with Crippen molar-refractivity contribution in [3.8, 4) is 0 Å². The molecule has 86 valence electrons. The smallest absolute Gasteiger partial charge is 0.270 e.